The third-order valence-corrected chi connectivity index (χ3v) is 3.10. The molecule has 0 saturated heterocycles. The molecule has 0 atom stereocenters. The topological polar surface area (TPSA) is 60.5 Å². The predicted molar refractivity (Wildman–Crippen MR) is 82.3 cm³/mol. The SMILES string of the molecule is Cc1ncoc1C(=NOCc1ccccn1)c1ccccc1. The lowest BCUT2D eigenvalue weighted by atomic mass is 10.1. The average molecular weight is 293 g/mol. The number of oxime groups is 1. The normalized spacial score (nSPS) is 11.4. The van der Waals surface area contributed by atoms with Crippen molar-refractivity contribution in [2.24, 2.45) is 5.16 Å². The Kier molecular flexibility index (Phi) is 4.25. The summed E-state index contributed by atoms with van der Waals surface area (Å²) in [5.74, 6) is 0.604. The molecule has 0 radical (unpaired) electrons. The van der Waals surface area contributed by atoms with Gasteiger partial charge in [-0.15, -0.1) is 0 Å². The van der Waals surface area contributed by atoms with Crippen molar-refractivity contribution >= 4 is 5.71 Å². The first-order valence-corrected chi connectivity index (χ1v) is 6.90. The van der Waals surface area contributed by atoms with E-state index >= 15 is 0 Å². The maximum absolute atomic E-state index is 5.45. The second-order valence-electron chi connectivity index (χ2n) is 4.67. The molecule has 22 heavy (non-hydrogen) atoms. The van der Waals surface area contributed by atoms with Gasteiger partial charge in [-0.25, -0.2) is 4.98 Å². The number of aryl methyl sites for hydroxylation is 1. The first-order chi connectivity index (χ1) is 10.8. The smallest absolute Gasteiger partial charge is 0.181 e. The molecule has 0 N–H and O–H groups in total. The van der Waals surface area contributed by atoms with Crippen LogP contribution in [0, 0.1) is 6.92 Å². The molecule has 0 amide bonds. The third-order valence-electron chi connectivity index (χ3n) is 3.10. The second-order valence-corrected chi connectivity index (χ2v) is 4.67. The van der Waals surface area contributed by atoms with Crippen molar-refractivity contribution in [2.45, 2.75) is 13.5 Å². The largest absolute Gasteiger partial charge is 0.441 e. The molecule has 5 heteroatoms. The molecule has 110 valence electrons. The Morgan fingerprint density at radius 3 is 2.59 bits per heavy atom. The molecule has 2 heterocycles. The number of nitrogens with zero attached hydrogens (tertiary/aromatic N) is 3. The summed E-state index contributed by atoms with van der Waals surface area (Å²) in [5, 5.41) is 4.24. The van der Waals surface area contributed by atoms with Gasteiger partial charge in [-0.2, -0.15) is 0 Å². The van der Waals surface area contributed by atoms with Crippen molar-refractivity contribution in [2.75, 3.05) is 0 Å². The summed E-state index contributed by atoms with van der Waals surface area (Å²) in [7, 11) is 0. The standard InChI is InChI=1S/C17H15N3O2/c1-13-17(21-12-19-13)16(14-7-3-2-4-8-14)20-22-11-15-9-5-6-10-18-15/h2-10,12H,11H2,1H3. The molecule has 0 unspecified atom stereocenters. The first-order valence-electron chi connectivity index (χ1n) is 6.90. The molecule has 5 nitrogen and oxygen atoms in total. The summed E-state index contributed by atoms with van der Waals surface area (Å²) in [6, 6.07) is 15.4. The summed E-state index contributed by atoms with van der Waals surface area (Å²) >= 11 is 0. The maximum atomic E-state index is 5.45. The van der Waals surface area contributed by atoms with Crippen LogP contribution in [0.15, 0.2) is 70.7 Å². The van der Waals surface area contributed by atoms with Crippen LogP contribution in [0.5, 0.6) is 0 Å². The van der Waals surface area contributed by atoms with Gasteiger partial charge in [-0.3, -0.25) is 4.98 Å². The zero-order valence-corrected chi connectivity index (χ0v) is 12.1. The van der Waals surface area contributed by atoms with Crippen LogP contribution >= 0.6 is 0 Å². The van der Waals surface area contributed by atoms with Crippen molar-refractivity contribution in [1.29, 1.82) is 0 Å². The van der Waals surface area contributed by atoms with Gasteiger partial charge in [0, 0.05) is 11.8 Å². The summed E-state index contributed by atoms with van der Waals surface area (Å²) in [5.41, 5.74) is 3.10. The lowest BCUT2D eigenvalue weighted by Gasteiger charge is -2.05. The summed E-state index contributed by atoms with van der Waals surface area (Å²) in [6.07, 6.45) is 3.13. The highest BCUT2D eigenvalue weighted by molar-refractivity contribution is 6.11. The van der Waals surface area contributed by atoms with Gasteiger partial charge in [-0.05, 0) is 19.1 Å². The molecule has 0 aliphatic carbocycles. The van der Waals surface area contributed by atoms with Crippen molar-refractivity contribution in [3.63, 3.8) is 0 Å². The van der Waals surface area contributed by atoms with Gasteiger partial charge < -0.3 is 9.25 Å². The minimum Gasteiger partial charge on any atom is -0.441 e. The minimum absolute atomic E-state index is 0.296. The van der Waals surface area contributed by atoms with Crippen LogP contribution in [-0.4, -0.2) is 15.7 Å². The van der Waals surface area contributed by atoms with Crippen LogP contribution in [0.1, 0.15) is 22.7 Å². The van der Waals surface area contributed by atoms with Gasteiger partial charge in [0.15, 0.2) is 24.5 Å². The Bertz CT molecular complexity index is 752. The Balaban J connectivity index is 1.86. The summed E-state index contributed by atoms with van der Waals surface area (Å²) in [6.45, 7) is 2.17. The average Bonchev–Trinajstić information content (AvgIpc) is 2.99. The molecule has 0 fully saturated rings. The Hall–Kier alpha value is -2.95. The Morgan fingerprint density at radius 1 is 1.09 bits per heavy atom. The zero-order chi connectivity index (χ0) is 15.2. The van der Waals surface area contributed by atoms with E-state index in [9.17, 15) is 0 Å². The summed E-state index contributed by atoms with van der Waals surface area (Å²) in [4.78, 5) is 13.8. The fourth-order valence-corrected chi connectivity index (χ4v) is 2.00. The fraction of sp³-hybridized carbons (Fsp3) is 0.118. The number of hydrogen-bond donors (Lipinski definition) is 0. The van der Waals surface area contributed by atoms with Gasteiger partial charge in [0.05, 0.1) is 11.4 Å². The quantitative estimate of drug-likeness (QED) is 0.534. The molecular weight excluding hydrogens is 278 g/mol. The minimum atomic E-state index is 0.296. The molecule has 0 bridgehead atoms. The summed E-state index contributed by atoms with van der Waals surface area (Å²) < 4.78 is 5.45. The van der Waals surface area contributed by atoms with Crippen LogP contribution in [0.2, 0.25) is 0 Å². The van der Waals surface area contributed by atoms with E-state index in [0.29, 0.717) is 18.1 Å². The van der Waals surface area contributed by atoms with Crippen molar-refractivity contribution in [3.05, 3.63) is 83.8 Å². The number of pyridine rings is 1. The number of oxazole rings is 1. The van der Waals surface area contributed by atoms with E-state index in [0.717, 1.165) is 17.0 Å². The van der Waals surface area contributed by atoms with E-state index in [2.05, 4.69) is 15.1 Å². The predicted octanol–water partition coefficient (Wildman–Crippen LogP) is 3.35. The van der Waals surface area contributed by atoms with Gasteiger partial charge in [0.1, 0.15) is 0 Å². The Labute approximate surface area is 128 Å². The van der Waals surface area contributed by atoms with E-state index in [4.69, 9.17) is 9.25 Å². The van der Waals surface area contributed by atoms with Crippen LogP contribution in [0.4, 0.5) is 0 Å². The molecule has 1 aromatic carbocycles. The zero-order valence-electron chi connectivity index (χ0n) is 12.1. The van der Waals surface area contributed by atoms with Crippen molar-refractivity contribution < 1.29 is 9.25 Å². The molecule has 3 rings (SSSR count). The van der Waals surface area contributed by atoms with E-state index in [1.807, 2.05) is 55.5 Å². The van der Waals surface area contributed by atoms with Crippen LogP contribution in [-0.2, 0) is 11.4 Å². The molecular formula is C17H15N3O2. The number of aromatic nitrogens is 2. The van der Waals surface area contributed by atoms with Crippen LogP contribution < -0.4 is 0 Å². The number of rotatable bonds is 5. The van der Waals surface area contributed by atoms with E-state index in [1.54, 1.807) is 6.20 Å². The molecule has 0 aliphatic heterocycles. The van der Waals surface area contributed by atoms with E-state index < -0.39 is 0 Å². The van der Waals surface area contributed by atoms with Gasteiger partial charge >= 0.3 is 0 Å². The first kappa shape index (κ1) is 14.0. The molecule has 0 aliphatic rings. The van der Waals surface area contributed by atoms with Crippen molar-refractivity contribution in [3.8, 4) is 0 Å². The molecule has 0 saturated carbocycles. The van der Waals surface area contributed by atoms with Crippen LogP contribution in [0.25, 0.3) is 0 Å². The number of hydrogen-bond acceptors (Lipinski definition) is 5. The maximum Gasteiger partial charge on any atom is 0.181 e. The van der Waals surface area contributed by atoms with E-state index in [-0.39, 0.29) is 0 Å². The second kappa shape index (κ2) is 6.67. The highest BCUT2D eigenvalue weighted by Gasteiger charge is 2.15. The monoisotopic (exact) mass is 293 g/mol. The fourth-order valence-electron chi connectivity index (χ4n) is 2.00. The molecule has 0 spiro atoms. The van der Waals surface area contributed by atoms with E-state index in [1.165, 1.54) is 6.39 Å². The van der Waals surface area contributed by atoms with Crippen LogP contribution in [0.3, 0.4) is 0 Å². The Morgan fingerprint density at radius 2 is 1.91 bits per heavy atom. The van der Waals surface area contributed by atoms with Gasteiger partial charge in [-0.1, -0.05) is 41.6 Å². The highest BCUT2D eigenvalue weighted by atomic mass is 16.6. The van der Waals surface area contributed by atoms with Gasteiger partial charge in [0.2, 0.25) is 0 Å². The molecule has 3 aromatic rings. The molecule has 2 aromatic heterocycles. The lowest BCUT2D eigenvalue weighted by molar-refractivity contribution is 0.127. The highest BCUT2D eigenvalue weighted by Crippen LogP contribution is 2.14. The third kappa shape index (κ3) is 3.20. The van der Waals surface area contributed by atoms with Gasteiger partial charge in [0.25, 0.3) is 0 Å². The lowest BCUT2D eigenvalue weighted by Crippen LogP contribution is -2.05. The number of benzene rings is 1. The van der Waals surface area contributed by atoms with Crippen molar-refractivity contribution in [1.82, 2.24) is 9.97 Å².